The molecule has 0 bridgehead atoms. The van der Waals surface area contributed by atoms with Gasteiger partial charge in [0.1, 0.15) is 11.3 Å². The Hall–Kier alpha value is -2.87. The molecule has 0 spiro atoms. The number of rotatable bonds is 7. The third kappa shape index (κ3) is 3.97. The molecule has 1 heterocycles. The molecule has 3 N–H and O–H groups in total. The number of esters is 1. The summed E-state index contributed by atoms with van der Waals surface area (Å²) in [5, 5.41) is 22.4. The van der Waals surface area contributed by atoms with Crippen LogP contribution in [0.5, 0.6) is 5.75 Å². The number of aliphatic hydroxyl groups is 1. The Kier molecular flexibility index (Phi) is 5.43. The number of aliphatic carboxylic acids is 1. The number of nitrogens with zero attached hydrogens (tertiary/aromatic N) is 1. The first-order valence-electron chi connectivity index (χ1n) is 7.63. The lowest BCUT2D eigenvalue weighted by Gasteiger charge is -2.21. The monoisotopic (exact) mass is 348 g/mol. The molecule has 1 atom stereocenters. The first kappa shape index (κ1) is 18.5. The molecule has 1 unspecified atom stereocenters. The number of fused-ring (bicyclic) bond motifs is 1. The van der Waals surface area contributed by atoms with Crippen molar-refractivity contribution in [1.29, 1.82) is 0 Å². The van der Waals surface area contributed by atoms with Gasteiger partial charge in [-0.15, -0.1) is 0 Å². The van der Waals surface area contributed by atoms with Crippen molar-refractivity contribution in [3.05, 3.63) is 30.0 Å². The van der Waals surface area contributed by atoms with Crippen molar-refractivity contribution in [1.82, 2.24) is 4.98 Å². The minimum absolute atomic E-state index is 0.142. The van der Waals surface area contributed by atoms with E-state index in [9.17, 15) is 14.7 Å². The highest BCUT2D eigenvalue weighted by molar-refractivity contribution is 6.05. The first-order chi connectivity index (χ1) is 11.8. The summed E-state index contributed by atoms with van der Waals surface area (Å²) >= 11 is 0. The highest BCUT2D eigenvalue weighted by atomic mass is 16.5. The second-order valence-corrected chi connectivity index (χ2v) is 5.58. The summed E-state index contributed by atoms with van der Waals surface area (Å²) in [5.41, 5.74) is -0.973. The molecule has 0 fully saturated rings. The maximum atomic E-state index is 12.2. The van der Waals surface area contributed by atoms with Crippen LogP contribution in [0.15, 0.2) is 24.4 Å². The fourth-order valence-electron chi connectivity index (χ4n) is 2.19. The Morgan fingerprint density at radius 2 is 2.08 bits per heavy atom. The lowest BCUT2D eigenvalue weighted by atomic mass is 10.1. The van der Waals surface area contributed by atoms with Crippen LogP contribution in [0.2, 0.25) is 0 Å². The van der Waals surface area contributed by atoms with E-state index in [1.54, 1.807) is 25.1 Å². The van der Waals surface area contributed by atoms with Crippen LogP contribution in [0.25, 0.3) is 10.9 Å². The van der Waals surface area contributed by atoms with Crippen LogP contribution in [0.3, 0.4) is 0 Å². The largest absolute Gasteiger partial charge is 0.497 e. The number of methoxy groups -OCH3 is 1. The van der Waals surface area contributed by atoms with E-state index in [2.05, 4.69) is 10.3 Å². The number of nitrogens with one attached hydrogen (secondary N) is 1. The van der Waals surface area contributed by atoms with Gasteiger partial charge in [0.2, 0.25) is 0 Å². The Morgan fingerprint density at radius 1 is 1.36 bits per heavy atom. The Labute approximate surface area is 144 Å². The maximum absolute atomic E-state index is 12.2. The van der Waals surface area contributed by atoms with Gasteiger partial charge in [-0.05, 0) is 32.0 Å². The summed E-state index contributed by atoms with van der Waals surface area (Å²) in [4.78, 5) is 27.5. The smallest absolute Gasteiger partial charge is 0.341 e. The third-order valence-corrected chi connectivity index (χ3v) is 3.64. The van der Waals surface area contributed by atoms with Crippen molar-refractivity contribution in [3.63, 3.8) is 0 Å². The molecule has 0 saturated heterocycles. The number of carbonyl (C=O) groups is 2. The number of carboxylic acid groups (broad SMARTS) is 1. The third-order valence-electron chi connectivity index (χ3n) is 3.64. The SMILES string of the molecule is CCOC(=O)c1cnc2ccc(OC)cc2c1NCC(C)(O)C(=O)O. The quantitative estimate of drug-likeness (QED) is 0.647. The second kappa shape index (κ2) is 7.35. The van der Waals surface area contributed by atoms with E-state index in [0.717, 1.165) is 6.92 Å². The van der Waals surface area contributed by atoms with Crippen molar-refractivity contribution in [2.75, 3.05) is 25.6 Å². The fraction of sp³-hybridized carbons (Fsp3) is 0.353. The summed E-state index contributed by atoms with van der Waals surface area (Å²) in [6.45, 7) is 2.71. The van der Waals surface area contributed by atoms with E-state index < -0.39 is 17.5 Å². The van der Waals surface area contributed by atoms with Crippen molar-refractivity contribution in [2.45, 2.75) is 19.4 Å². The predicted octanol–water partition coefficient (Wildman–Crippen LogP) is 1.67. The highest BCUT2D eigenvalue weighted by Crippen LogP contribution is 2.30. The molecule has 134 valence electrons. The Balaban J connectivity index is 2.55. The number of aromatic nitrogens is 1. The van der Waals surface area contributed by atoms with Crippen LogP contribution in [0, 0.1) is 0 Å². The van der Waals surface area contributed by atoms with E-state index in [1.165, 1.54) is 13.3 Å². The van der Waals surface area contributed by atoms with Crippen LogP contribution < -0.4 is 10.1 Å². The topological polar surface area (TPSA) is 118 Å². The van der Waals surface area contributed by atoms with E-state index in [4.69, 9.17) is 14.6 Å². The van der Waals surface area contributed by atoms with Gasteiger partial charge in [0.15, 0.2) is 5.60 Å². The molecule has 0 aliphatic rings. The molecule has 0 aliphatic heterocycles. The number of pyridine rings is 1. The molecule has 2 rings (SSSR count). The van der Waals surface area contributed by atoms with Crippen LogP contribution >= 0.6 is 0 Å². The lowest BCUT2D eigenvalue weighted by Crippen LogP contribution is -2.42. The number of anilines is 1. The summed E-state index contributed by atoms with van der Waals surface area (Å²) in [6.07, 6.45) is 1.35. The van der Waals surface area contributed by atoms with Gasteiger partial charge in [-0.3, -0.25) is 4.98 Å². The van der Waals surface area contributed by atoms with Crippen LogP contribution in [-0.2, 0) is 9.53 Å². The van der Waals surface area contributed by atoms with Gasteiger partial charge < -0.3 is 25.0 Å². The molecule has 0 amide bonds. The highest BCUT2D eigenvalue weighted by Gasteiger charge is 2.30. The summed E-state index contributed by atoms with van der Waals surface area (Å²) < 4.78 is 10.2. The predicted molar refractivity (Wildman–Crippen MR) is 91.0 cm³/mol. The average molecular weight is 348 g/mol. The van der Waals surface area contributed by atoms with Crippen molar-refractivity contribution in [3.8, 4) is 5.75 Å². The minimum atomic E-state index is -2.01. The Morgan fingerprint density at radius 3 is 2.68 bits per heavy atom. The summed E-state index contributed by atoms with van der Waals surface area (Å²) in [5.74, 6) is -1.44. The molecular weight excluding hydrogens is 328 g/mol. The zero-order chi connectivity index (χ0) is 18.6. The van der Waals surface area contributed by atoms with Crippen LogP contribution in [0.1, 0.15) is 24.2 Å². The van der Waals surface area contributed by atoms with Gasteiger partial charge in [-0.25, -0.2) is 9.59 Å². The number of hydrogen-bond donors (Lipinski definition) is 3. The first-order valence-corrected chi connectivity index (χ1v) is 7.63. The number of carbonyl (C=O) groups excluding carboxylic acids is 1. The normalized spacial score (nSPS) is 13.1. The molecule has 8 nitrogen and oxygen atoms in total. The van der Waals surface area contributed by atoms with Crippen LogP contribution in [0.4, 0.5) is 5.69 Å². The van der Waals surface area contributed by atoms with E-state index in [1.807, 2.05) is 0 Å². The van der Waals surface area contributed by atoms with Crippen molar-refractivity contribution < 1.29 is 29.3 Å². The fourth-order valence-corrected chi connectivity index (χ4v) is 2.19. The van der Waals surface area contributed by atoms with E-state index in [0.29, 0.717) is 22.3 Å². The molecule has 0 aliphatic carbocycles. The summed E-state index contributed by atoms with van der Waals surface area (Å²) in [7, 11) is 1.51. The standard InChI is InChI=1S/C17H20N2O6/c1-4-25-15(20)12-8-18-13-6-5-10(24-3)7-11(13)14(12)19-9-17(2,23)16(21)22/h5-8,23H,4,9H2,1-3H3,(H,18,19)(H,21,22). The van der Waals surface area contributed by atoms with Crippen molar-refractivity contribution in [2.24, 2.45) is 0 Å². The van der Waals surface area contributed by atoms with E-state index >= 15 is 0 Å². The van der Waals surface area contributed by atoms with E-state index in [-0.39, 0.29) is 18.7 Å². The summed E-state index contributed by atoms with van der Waals surface area (Å²) in [6, 6.07) is 5.10. The zero-order valence-corrected chi connectivity index (χ0v) is 14.2. The number of hydrogen-bond acceptors (Lipinski definition) is 7. The van der Waals surface area contributed by atoms with Gasteiger partial charge in [-0.2, -0.15) is 0 Å². The molecule has 1 aromatic carbocycles. The van der Waals surface area contributed by atoms with Gasteiger partial charge in [0.05, 0.1) is 31.5 Å². The number of ether oxygens (including phenoxy) is 2. The molecular formula is C17H20N2O6. The molecule has 0 radical (unpaired) electrons. The zero-order valence-electron chi connectivity index (χ0n) is 14.2. The number of benzene rings is 1. The van der Waals surface area contributed by atoms with Crippen LogP contribution in [-0.4, -0.2) is 53.0 Å². The molecule has 1 aromatic heterocycles. The second-order valence-electron chi connectivity index (χ2n) is 5.58. The van der Waals surface area contributed by atoms with Crippen molar-refractivity contribution >= 4 is 28.5 Å². The van der Waals surface area contributed by atoms with Gasteiger partial charge in [0, 0.05) is 11.6 Å². The maximum Gasteiger partial charge on any atom is 0.341 e. The average Bonchev–Trinajstić information content (AvgIpc) is 2.58. The molecule has 2 aromatic rings. The number of carboxylic acids is 1. The lowest BCUT2D eigenvalue weighted by molar-refractivity contribution is -0.155. The molecule has 25 heavy (non-hydrogen) atoms. The molecule has 0 saturated carbocycles. The Bertz CT molecular complexity index is 803. The minimum Gasteiger partial charge on any atom is -0.497 e. The molecule has 8 heteroatoms. The van der Waals surface area contributed by atoms with Gasteiger partial charge >= 0.3 is 11.9 Å². The van der Waals surface area contributed by atoms with Gasteiger partial charge in [0.25, 0.3) is 0 Å². The van der Waals surface area contributed by atoms with Gasteiger partial charge in [-0.1, -0.05) is 0 Å².